The number of benzene rings is 2. The summed E-state index contributed by atoms with van der Waals surface area (Å²) >= 11 is 5.72. The molecule has 0 saturated heterocycles. The molecule has 12 heteroatoms. The van der Waals surface area contributed by atoms with Crippen LogP contribution in [0.4, 0.5) is 27.6 Å². The molecule has 0 aliphatic heterocycles. The van der Waals surface area contributed by atoms with Gasteiger partial charge >= 0.3 is 18.8 Å². The number of halogens is 6. The average Bonchev–Trinajstić information content (AvgIpc) is 2.66. The van der Waals surface area contributed by atoms with Crippen molar-refractivity contribution in [3.05, 3.63) is 52.5 Å². The van der Waals surface area contributed by atoms with Gasteiger partial charge in [-0.25, -0.2) is 4.79 Å². The molecule has 30 heavy (non-hydrogen) atoms. The number of esters is 1. The molecule has 1 amide bonds. The van der Waals surface area contributed by atoms with E-state index in [4.69, 9.17) is 21.1 Å². The summed E-state index contributed by atoms with van der Waals surface area (Å²) < 4.78 is 78.2. The maximum atomic E-state index is 13.1. The molecule has 0 heterocycles. The highest BCUT2D eigenvalue weighted by Crippen LogP contribution is 2.38. The second-order valence-corrected chi connectivity index (χ2v) is 5.91. The highest BCUT2D eigenvalue weighted by atomic mass is 35.5. The summed E-state index contributed by atoms with van der Waals surface area (Å²) in [6.45, 7) is -4.30. The van der Waals surface area contributed by atoms with Crippen molar-refractivity contribution in [1.82, 2.24) is 0 Å². The molecule has 2 aromatic carbocycles. The molecule has 0 fully saturated rings. The Hall–Kier alpha value is -3.08. The quantitative estimate of drug-likeness (QED) is 0.483. The minimum atomic E-state index is -4.80. The molecule has 0 aliphatic carbocycles. The summed E-state index contributed by atoms with van der Waals surface area (Å²) in [4.78, 5) is 24.2. The molecule has 0 atom stereocenters. The molecule has 2 rings (SSSR count). The molecule has 0 aliphatic rings. The number of alkyl halides is 5. The van der Waals surface area contributed by atoms with E-state index in [1.807, 2.05) is 5.32 Å². The van der Waals surface area contributed by atoms with Gasteiger partial charge in [0.15, 0.2) is 18.1 Å². The SMILES string of the molecule is COc1cccc(C(=O)OCC(=O)Nc2c(Cl)cccc2C(F)(F)F)c1OC(F)F. The van der Waals surface area contributed by atoms with E-state index in [1.165, 1.54) is 12.1 Å². The first kappa shape index (κ1) is 23.2. The summed E-state index contributed by atoms with van der Waals surface area (Å²) in [5.74, 6) is -3.19. The second-order valence-electron chi connectivity index (χ2n) is 5.50. The Balaban J connectivity index is 2.14. The summed E-state index contributed by atoms with van der Waals surface area (Å²) in [5, 5.41) is 1.53. The van der Waals surface area contributed by atoms with Gasteiger partial charge in [-0.2, -0.15) is 22.0 Å². The fourth-order valence-electron chi connectivity index (χ4n) is 2.32. The largest absolute Gasteiger partial charge is 0.493 e. The van der Waals surface area contributed by atoms with Crippen LogP contribution in [0.5, 0.6) is 11.5 Å². The van der Waals surface area contributed by atoms with Crippen molar-refractivity contribution in [3.8, 4) is 11.5 Å². The lowest BCUT2D eigenvalue weighted by Crippen LogP contribution is -2.23. The van der Waals surface area contributed by atoms with E-state index < -0.39 is 53.8 Å². The molecule has 0 spiro atoms. The number of amides is 1. The van der Waals surface area contributed by atoms with Gasteiger partial charge in [0, 0.05) is 0 Å². The van der Waals surface area contributed by atoms with Crippen LogP contribution in [-0.4, -0.2) is 32.2 Å². The van der Waals surface area contributed by atoms with Crippen molar-refractivity contribution in [2.24, 2.45) is 0 Å². The van der Waals surface area contributed by atoms with Crippen molar-refractivity contribution in [3.63, 3.8) is 0 Å². The zero-order valence-corrected chi connectivity index (χ0v) is 15.8. The van der Waals surface area contributed by atoms with E-state index in [-0.39, 0.29) is 10.8 Å². The van der Waals surface area contributed by atoms with Crippen LogP contribution in [0.15, 0.2) is 36.4 Å². The Morgan fingerprint density at radius 3 is 2.40 bits per heavy atom. The van der Waals surface area contributed by atoms with Crippen molar-refractivity contribution in [2.45, 2.75) is 12.8 Å². The smallest absolute Gasteiger partial charge is 0.418 e. The van der Waals surface area contributed by atoms with Gasteiger partial charge in [-0.3, -0.25) is 4.79 Å². The molecule has 1 N–H and O–H groups in total. The molecule has 0 bridgehead atoms. The number of methoxy groups -OCH3 is 1. The summed E-state index contributed by atoms with van der Waals surface area (Å²) in [6, 6.07) is 6.50. The minimum Gasteiger partial charge on any atom is -0.493 e. The Kier molecular flexibility index (Phi) is 7.43. The molecule has 0 aromatic heterocycles. The number of ether oxygens (including phenoxy) is 3. The lowest BCUT2D eigenvalue weighted by atomic mass is 10.1. The van der Waals surface area contributed by atoms with Gasteiger partial charge < -0.3 is 19.5 Å². The number of hydrogen-bond donors (Lipinski definition) is 1. The summed E-state index contributed by atoms with van der Waals surface area (Å²) in [6.07, 6.45) is -4.80. The Morgan fingerprint density at radius 1 is 1.13 bits per heavy atom. The lowest BCUT2D eigenvalue weighted by molar-refractivity contribution is -0.137. The number of para-hydroxylation sites is 2. The van der Waals surface area contributed by atoms with Crippen LogP contribution >= 0.6 is 11.6 Å². The number of hydrogen-bond acceptors (Lipinski definition) is 5. The van der Waals surface area contributed by atoms with Gasteiger partial charge in [-0.15, -0.1) is 0 Å². The highest BCUT2D eigenvalue weighted by molar-refractivity contribution is 6.34. The number of nitrogens with one attached hydrogen (secondary N) is 1. The standard InChI is InChI=1S/C18H13ClF5NO5/c1-28-12-7-2-4-9(15(12)30-17(20)21)16(27)29-8-13(26)25-14-10(18(22,23)24)5-3-6-11(14)19/h2-7,17H,8H2,1H3,(H,25,26). The summed E-state index contributed by atoms with van der Waals surface area (Å²) in [5.41, 5.74) is -2.39. The average molecular weight is 454 g/mol. The monoisotopic (exact) mass is 453 g/mol. The van der Waals surface area contributed by atoms with Gasteiger partial charge in [-0.1, -0.05) is 23.7 Å². The normalized spacial score (nSPS) is 11.2. The number of anilines is 1. The molecule has 0 unspecified atom stereocenters. The fourth-order valence-corrected chi connectivity index (χ4v) is 2.54. The van der Waals surface area contributed by atoms with Gasteiger partial charge in [0.1, 0.15) is 5.56 Å². The van der Waals surface area contributed by atoms with E-state index in [0.29, 0.717) is 6.07 Å². The van der Waals surface area contributed by atoms with Crippen LogP contribution in [0, 0.1) is 0 Å². The fraction of sp³-hybridized carbons (Fsp3) is 0.222. The van der Waals surface area contributed by atoms with E-state index in [1.54, 1.807) is 0 Å². The van der Waals surface area contributed by atoms with E-state index in [0.717, 1.165) is 25.3 Å². The zero-order chi connectivity index (χ0) is 22.5. The van der Waals surface area contributed by atoms with Crippen molar-refractivity contribution < 1.29 is 45.8 Å². The third kappa shape index (κ3) is 5.72. The predicted molar refractivity (Wildman–Crippen MR) is 95.0 cm³/mol. The van der Waals surface area contributed by atoms with Crippen LogP contribution in [0.2, 0.25) is 5.02 Å². The molecule has 2 aromatic rings. The van der Waals surface area contributed by atoms with Gasteiger partial charge in [0.25, 0.3) is 5.91 Å². The van der Waals surface area contributed by atoms with Gasteiger partial charge in [0.05, 0.1) is 23.4 Å². The number of carbonyl (C=O) groups is 2. The first-order chi connectivity index (χ1) is 14.0. The first-order valence-corrected chi connectivity index (χ1v) is 8.37. The van der Waals surface area contributed by atoms with Crippen molar-refractivity contribution >= 4 is 29.2 Å². The van der Waals surface area contributed by atoms with Crippen LogP contribution < -0.4 is 14.8 Å². The van der Waals surface area contributed by atoms with Crippen molar-refractivity contribution in [2.75, 3.05) is 19.0 Å². The van der Waals surface area contributed by atoms with Crippen molar-refractivity contribution in [1.29, 1.82) is 0 Å². The van der Waals surface area contributed by atoms with E-state index in [9.17, 15) is 31.5 Å². The van der Waals surface area contributed by atoms with Gasteiger partial charge in [-0.05, 0) is 24.3 Å². The Morgan fingerprint density at radius 2 is 1.80 bits per heavy atom. The van der Waals surface area contributed by atoms with Crippen LogP contribution in [-0.2, 0) is 15.7 Å². The third-order valence-corrected chi connectivity index (χ3v) is 3.86. The number of carbonyl (C=O) groups excluding carboxylic acids is 2. The molecule has 0 radical (unpaired) electrons. The van der Waals surface area contributed by atoms with E-state index in [2.05, 4.69) is 4.74 Å². The van der Waals surface area contributed by atoms with Crippen LogP contribution in [0.25, 0.3) is 0 Å². The molecule has 6 nitrogen and oxygen atoms in total. The molecule has 162 valence electrons. The topological polar surface area (TPSA) is 73.9 Å². The lowest BCUT2D eigenvalue weighted by Gasteiger charge is -2.16. The maximum absolute atomic E-state index is 13.1. The summed E-state index contributed by atoms with van der Waals surface area (Å²) in [7, 11) is 1.15. The Bertz CT molecular complexity index is 936. The van der Waals surface area contributed by atoms with Crippen LogP contribution in [0.1, 0.15) is 15.9 Å². The molecular weight excluding hydrogens is 441 g/mol. The predicted octanol–water partition coefficient (Wildman–Crippen LogP) is 4.76. The third-order valence-electron chi connectivity index (χ3n) is 3.54. The van der Waals surface area contributed by atoms with E-state index >= 15 is 0 Å². The molecular formula is C18H13ClF5NO5. The van der Waals surface area contributed by atoms with Gasteiger partial charge in [0.2, 0.25) is 0 Å². The first-order valence-electron chi connectivity index (χ1n) is 7.99. The highest BCUT2D eigenvalue weighted by Gasteiger charge is 2.35. The second kappa shape index (κ2) is 9.61. The maximum Gasteiger partial charge on any atom is 0.418 e. The zero-order valence-electron chi connectivity index (χ0n) is 15.1. The Labute approximate surface area is 171 Å². The number of rotatable bonds is 7. The van der Waals surface area contributed by atoms with Crippen LogP contribution in [0.3, 0.4) is 0 Å². The molecule has 0 saturated carbocycles. The minimum absolute atomic E-state index is 0.194.